The zero-order chi connectivity index (χ0) is 24.6. The van der Waals surface area contributed by atoms with E-state index in [1.54, 1.807) is 0 Å². The molecule has 0 amide bonds. The third-order valence-electron chi connectivity index (χ3n) is 8.27. The molecule has 8 heteroatoms. The molecule has 0 saturated heterocycles. The van der Waals surface area contributed by atoms with Crippen LogP contribution in [0, 0.1) is 28.6 Å². The van der Waals surface area contributed by atoms with Crippen LogP contribution in [-0.2, 0) is 0 Å². The molecule has 0 spiro atoms. The minimum atomic E-state index is -5.85. The summed E-state index contributed by atoms with van der Waals surface area (Å²) >= 11 is 0. The molecule has 2 aliphatic rings. The van der Waals surface area contributed by atoms with E-state index in [9.17, 15) is 36.6 Å². The van der Waals surface area contributed by atoms with Gasteiger partial charge in [0.25, 0.3) is 5.60 Å². The van der Waals surface area contributed by atoms with Gasteiger partial charge in [0.15, 0.2) is 0 Å². The van der Waals surface area contributed by atoms with Gasteiger partial charge in [0, 0.05) is 0 Å². The van der Waals surface area contributed by atoms with E-state index in [0.717, 1.165) is 51.0 Å². The lowest BCUT2D eigenvalue weighted by Crippen LogP contribution is -2.55. The molecule has 2 nitrogen and oxygen atoms in total. The van der Waals surface area contributed by atoms with Crippen molar-refractivity contribution in [2.75, 3.05) is 0 Å². The number of halogens is 6. The van der Waals surface area contributed by atoms with Crippen LogP contribution < -0.4 is 0 Å². The highest BCUT2D eigenvalue weighted by Gasteiger charge is 2.69. The second-order valence-corrected chi connectivity index (χ2v) is 11.0. The van der Waals surface area contributed by atoms with E-state index in [1.165, 1.54) is 0 Å². The number of allylic oxidation sites excluding steroid dienone is 1. The molecule has 2 rings (SSSR count). The van der Waals surface area contributed by atoms with Crippen LogP contribution >= 0.6 is 0 Å². The van der Waals surface area contributed by atoms with E-state index >= 15 is 0 Å². The van der Waals surface area contributed by atoms with Gasteiger partial charge < -0.3 is 10.2 Å². The van der Waals surface area contributed by atoms with Crippen LogP contribution in [0.4, 0.5) is 26.3 Å². The maximum atomic E-state index is 13.1. The Bertz CT molecular complexity index is 642. The van der Waals surface area contributed by atoms with Gasteiger partial charge >= 0.3 is 12.4 Å². The Morgan fingerprint density at radius 1 is 1.03 bits per heavy atom. The lowest BCUT2D eigenvalue weighted by atomic mass is 9.56. The molecule has 0 heterocycles. The van der Waals surface area contributed by atoms with Crippen molar-refractivity contribution in [1.82, 2.24) is 0 Å². The third kappa shape index (κ3) is 5.31. The fourth-order valence-electron chi connectivity index (χ4n) is 6.47. The highest BCUT2D eigenvalue weighted by atomic mass is 19.4. The smallest absolute Gasteiger partial charge is 0.393 e. The predicted octanol–water partition coefficient (Wildman–Crippen LogP) is 7.20. The van der Waals surface area contributed by atoms with Crippen LogP contribution in [0.15, 0.2) is 12.2 Å². The highest BCUT2D eigenvalue weighted by Crippen LogP contribution is 2.62. The van der Waals surface area contributed by atoms with Gasteiger partial charge in [0.05, 0.1) is 6.10 Å². The summed E-state index contributed by atoms with van der Waals surface area (Å²) in [6.07, 6.45) is -4.79. The van der Waals surface area contributed by atoms with E-state index in [4.69, 9.17) is 0 Å². The molecule has 0 aromatic carbocycles. The van der Waals surface area contributed by atoms with Crippen molar-refractivity contribution in [3.63, 3.8) is 0 Å². The summed E-state index contributed by atoms with van der Waals surface area (Å²) in [7, 11) is 0. The van der Waals surface area contributed by atoms with Crippen molar-refractivity contribution < 1.29 is 36.6 Å². The molecule has 2 saturated carbocycles. The Kier molecular flexibility index (Phi) is 8.14. The Morgan fingerprint density at radius 2 is 1.62 bits per heavy atom. The fraction of sp³-hybridized carbons (Fsp3) is 0.917. The summed E-state index contributed by atoms with van der Waals surface area (Å²) in [6.45, 7) is 8.24. The summed E-state index contributed by atoms with van der Waals surface area (Å²) in [5, 5.41) is 20.0. The molecular formula is C24H38F6O2. The number of hydrogen-bond acceptors (Lipinski definition) is 2. The van der Waals surface area contributed by atoms with Gasteiger partial charge in [-0.15, -0.1) is 0 Å². The summed E-state index contributed by atoms with van der Waals surface area (Å²) in [5.41, 5.74) is -5.57. The highest BCUT2D eigenvalue weighted by molar-refractivity contribution is 5.13. The van der Waals surface area contributed by atoms with Gasteiger partial charge in [-0.25, -0.2) is 0 Å². The number of hydrogen-bond donors (Lipinski definition) is 2. The van der Waals surface area contributed by atoms with Crippen molar-refractivity contribution in [2.24, 2.45) is 28.6 Å². The minimum Gasteiger partial charge on any atom is -0.393 e. The number of fused-ring (bicyclic) bond motifs is 1. The van der Waals surface area contributed by atoms with Crippen LogP contribution in [0.2, 0.25) is 0 Å². The topological polar surface area (TPSA) is 40.5 Å². The molecule has 2 unspecified atom stereocenters. The second-order valence-electron chi connectivity index (χ2n) is 11.0. The summed E-state index contributed by atoms with van der Waals surface area (Å²) in [6, 6.07) is 0. The first-order valence-corrected chi connectivity index (χ1v) is 11.7. The molecule has 32 heavy (non-hydrogen) atoms. The van der Waals surface area contributed by atoms with Gasteiger partial charge in [0.1, 0.15) is 0 Å². The van der Waals surface area contributed by atoms with E-state index in [1.807, 2.05) is 6.92 Å². The number of aliphatic hydroxyl groups is 2. The molecule has 188 valence electrons. The molecule has 5 atom stereocenters. The average Bonchev–Trinajstić information content (AvgIpc) is 2.98. The largest absolute Gasteiger partial charge is 0.429 e. The van der Waals surface area contributed by atoms with Gasteiger partial charge in [-0.1, -0.05) is 53.0 Å². The number of aliphatic hydroxyl groups excluding tert-OH is 1. The van der Waals surface area contributed by atoms with Crippen LogP contribution in [0.25, 0.3) is 0 Å². The normalized spacial score (nSPS) is 31.8. The van der Waals surface area contributed by atoms with Crippen LogP contribution in [0.5, 0.6) is 0 Å². The van der Waals surface area contributed by atoms with Crippen LogP contribution in [0.3, 0.4) is 0 Å². The SMILES string of the molecule is CC(C)CCCC(C)(C/C=C\C(O)(C(F)(F)F)C(F)(F)F)[C@H]1CCC2[C@@H](O)CCC[C@@]21C. The van der Waals surface area contributed by atoms with Crippen molar-refractivity contribution >= 4 is 0 Å². The van der Waals surface area contributed by atoms with E-state index in [2.05, 4.69) is 20.8 Å². The summed E-state index contributed by atoms with van der Waals surface area (Å²) in [5.74, 6) is 0.632. The van der Waals surface area contributed by atoms with Crippen molar-refractivity contribution in [3.8, 4) is 0 Å². The zero-order valence-electron chi connectivity index (χ0n) is 19.5. The van der Waals surface area contributed by atoms with E-state index < -0.39 is 29.5 Å². The maximum Gasteiger partial charge on any atom is 0.429 e. The first kappa shape index (κ1) is 27.5. The Morgan fingerprint density at radius 3 is 2.16 bits per heavy atom. The lowest BCUT2D eigenvalue weighted by molar-refractivity contribution is -0.347. The monoisotopic (exact) mass is 472 g/mol. The van der Waals surface area contributed by atoms with Crippen molar-refractivity contribution in [3.05, 3.63) is 12.2 Å². The van der Waals surface area contributed by atoms with Gasteiger partial charge in [-0.05, 0) is 73.2 Å². The quantitative estimate of drug-likeness (QED) is 0.290. The summed E-state index contributed by atoms with van der Waals surface area (Å²) in [4.78, 5) is 0. The molecule has 0 aromatic rings. The Labute approximate surface area is 187 Å². The van der Waals surface area contributed by atoms with E-state index in [0.29, 0.717) is 12.3 Å². The molecule has 0 bridgehead atoms. The number of alkyl halides is 6. The summed E-state index contributed by atoms with van der Waals surface area (Å²) < 4.78 is 78.5. The number of rotatable bonds is 8. The van der Waals surface area contributed by atoms with E-state index in [-0.39, 0.29) is 29.7 Å². The van der Waals surface area contributed by atoms with Crippen LogP contribution in [-0.4, -0.2) is 34.3 Å². The molecule has 2 N–H and O–H groups in total. The molecule has 0 aliphatic heterocycles. The third-order valence-corrected chi connectivity index (χ3v) is 8.27. The Hall–Kier alpha value is -0.760. The van der Waals surface area contributed by atoms with Gasteiger partial charge in [-0.2, -0.15) is 26.3 Å². The average molecular weight is 473 g/mol. The predicted molar refractivity (Wildman–Crippen MR) is 112 cm³/mol. The first-order valence-electron chi connectivity index (χ1n) is 11.7. The van der Waals surface area contributed by atoms with Crippen molar-refractivity contribution in [2.45, 2.75) is 110 Å². The lowest BCUT2D eigenvalue weighted by Gasteiger charge is -2.50. The molecular weight excluding hydrogens is 434 g/mol. The van der Waals surface area contributed by atoms with Crippen molar-refractivity contribution in [1.29, 1.82) is 0 Å². The Balaban J connectivity index is 2.33. The van der Waals surface area contributed by atoms with Gasteiger partial charge in [-0.3, -0.25) is 0 Å². The fourth-order valence-corrected chi connectivity index (χ4v) is 6.47. The van der Waals surface area contributed by atoms with Crippen LogP contribution in [0.1, 0.15) is 85.5 Å². The first-order chi connectivity index (χ1) is 14.5. The zero-order valence-corrected chi connectivity index (χ0v) is 19.5. The van der Waals surface area contributed by atoms with Gasteiger partial charge in [0.2, 0.25) is 0 Å². The maximum absolute atomic E-state index is 13.1. The second kappa shape index (κ2) is 9.47. The molecule has 2 fully saturated rings. The minimum absolute atomic E-state index is 0.0165. The molecule has 0 aromatic heterocycles. The molecule has 2 aliphatic carbocycles. The standard InChI is InChI=1S/C24H38F6O2/c1-16(2)8-5-12-20(3,13-7-15-22(32,23(25,26)27)24(28,29)30)19-11-10-17-18(31)9-6-14-21(17,19)4/h7,15-19,31-32H,5-6,8-14H2,1-4H3/b15-7-/t17?,18-,19+,20?,21-/m0/s1. The molecule has 0 radical (unpaired) electrons.